The van der Waals surface area contributed by atoms with Crippen LogP contribution in [0.25, 0.3) is 0 Å². The highest BCUT2D eigenvalue weighted by Crippen LogP contribution is 2.23. The van der Waals surface area contributed by atoms with E-state index >= 15 is 0 Å². The third kappa shape index (κ3) is 3.38. The molecule has 0 saturated carbocycles. The largest absolute Gasteiger partial charge is 0.481 e. The van der Waals surface area contributed by atoms with Crippen molar-refractivity contribution in [3.05, 3.63) is 29.8 Å². The van der Waals surface area contributed by atoms with Gasteiger partial charge in [-0.2, -0.15) is 0 Å². The normalized spacial score (nSPS) is 10.2. The lowest BCUT2D eigenvalue weighted by atomic mass is 10.0. The number of anilines is 1. The first-order valence-corrected chi connectivity index (χ1v) is 5.11. The Balaban J connectivity index is 2.80. The molecule has 2 N–H and O–H groups in total. The predicted octanol–water partition coefficient (Wildman–Crippen LogP) is 2.22. The smallest absolute Gasteiger partial charge is 0.312 e. The van der Waals surface area contributed by atoms with Crippen LogP contribution < -0.4 is 5.32 Å². The summed E-state index contributed by atoms with van der Waals surface area (Å²) in [5.74, 6) is -1.35. The molecule has 0 aromatic heterocycles. The van der Waals surface area contributed by atoms with Crippen molar-refractivity contribution < 1.29 is 14.7 Å². The van der Waals surface area contributed by atoms with Gasteiger partial charge in [-0.3, -0.25) is 9.59 Å². The van der Waals surface area contributed by atoms with Crippen LogP contribution in [0.2, 0.25) is 0 Å². The number of para-hydroxylation sites is 1. The zero-order valence-corrected chi connectivity index (χ0v) is 9.36. The van der Waals surface area contributed by atoms with Crippen molar-refractivity contribution in [3.8, 4) is 0 Å². The Labute approximate surface area is 94.3 Å². The first-order chi connectivity index (χ1) is 7.50. The van der Waals surface area contributed by atoms with Crippen molar-refractivity contribution in [2.75, 3.05) is 5.32 Å². The van der Waals surface area contributed by atoms with Crippen LogP contribution in [0.4, 0.5) is 5.69 Å². The van der Waals surface area contributed by atoms with E-state index < -0.39 is 18.3 Å². The summed E-state index contributed by atoms with van der Waals surface area (Å²) in [4.78, 5) is 21.7. The van der Waals surface area contributed by atoms with Crippen molar-refractivity contribution in [1.29, 1.82) is 0 Å². The average molecular weight is 221 g/mol. The monoisotopic (exact) mass is 221 g/mol. The summed E-state index contributed by atoms with van der Waals surface area (Å²) in [6, 6.07) is 7.39. The van der Waals surface area contributed by atoms with Gasteiger partial charge in [-0.1, -0.05) is 32.0 Å². The quantitative estimate of drug-likeness (QED) is 0.766. The molecule has 0 aliphatic carbocycles. The zero-order chi connectivity index (χ0) is 12.1. The number of hydrogen-bond acceptors (Lipinski definition) is 2. The van der Waals surface area contributed by atoms with Crippen LogP contribution in [-0.4, -0.2) is 17.0 Å². The van der Waals surface area contributed by atoms with E-state index in [1.165, 1.54) is 0 Å². The van der Waals surface area contributed by atoms with Gasteiger partial charge in [-0.25, -0.2) is 0 Å². The lowest BCUT2D eigenvalue weighted by Crippen LogP contribution is -2.17. The summed E-state index contributed by atoms with van der Waals surface area (Å²) in [6.45, 7) is 4.03. The van der Waals surface area contributed by atoms with Gasteiger partial charge in [0.05, 0.1) is 0 Å². The lowest BCUT2D eigenvalue weighted by Gasteiger charge is -2.12. The molecular weight excluding hydrogens is 206 g/mol. The topological polar surface area (TPSA) is 66.4 Å². The van der Waals surface area contributed by atoms with E-state index in [1.807, 2.05) is 32.0 Å². The maximum absolute atomic E-state index is 11.3. The highest BCUT2D eigenvalue weighted by atomic mass is 16.4. The van der Waals surface area contributed by atoms with Crippen LogP contribution in [0.3, 0.4) is 0 Å². The molecule has 0 aliphatic heterocycles. The number of amides is 1. The first kappa shape index (κ1) is 12.2. The number of carbonyl (C=O) groups is 2. The second kappa shape index (κ2) is 5.30. The van der Waals surface area contributed by atoms with Crippen molar-refractivity contribution in [2.24, 2.45) is 0 Å². The summed E-state index contributed by atoms with van der Waals surface area (Å²) in [6.07, 6.45) is -0.508. The van der Waals surface area contributed by atoms with E-state index in [1.54, 1.807) is 6.07 Å². The standard InChI is InChI=1S/C12H15NO3/c1-8(2)9-5-3-4-6-10(9)13-11(14)7-12(15)16/h3-6,8H,7H2,1-2H3,(H,13,14)(H,15,16). The summed E-state index contributed by atoms with van der Waals surface area (Å²) in [5.41, 5.74) is 1.69. The van der Waals surface area contributed by atoms with Crippen molar-refractivity contribution >= 4 is 17.6 Å². The number of carboxylic acids is 1. The molecule has 1 amide bonds. The number of nitrogens with one attached hydrogen (secondary N) is 1. The zero-order valence-electron chi connectivity index (χ0n) is 9.36. The van der Waals surface area contributed by atoms with Crippen LogP contribution in [0.15, 0.2) is 24.3 Å². The highest BCUT2D eigenvalue weighted by molar-refractivity contribution is 6.01. The fourth-order valence-electron chi connectivity index (χ4n) is 1.45. The molecule has 1 rings (SSSR count). The van der Waals surface area contributed by atoms with E-state index in [2.05, 4.69) is 5.32 Å². The number of aliphatic carboxylic acids is 1. The van der Waals surface area contributed by atoms with Gasteiger partial charge in [0.15, 0.2) is 0 Å². The summed E-state index contributed by atoms with van der Waals surface area (Å²) < 4.78 is 0. The Morgan fingerprint density at radius 2 is 1.94 bits per heavy atom. The number of carboxylic acid groups (broad SMARTS) is 1. The minimum absolute atomic E-state index is 0.279. The average Bonchev–Trinajstić information content (AvgIpc) is 2.16. The summed E-state index contributed by atoms with van der Waals surface area (Å²) >= 11 is 0. The highest BCUT2D eigenvalue weighted by Gasteiger charge is 2.11. The van der Waals surface area contributed by atoms with Crippen LogP contribution >= 0.6 is 0 Å². The molecule has 0 bridgehead atoms. The third-order valence-corrected chi connectivity index (χ3v) is 2.17. The van der Waals surface area contributed by atoms with Gasteiger partial charge in [-0.15, -0.1) is 0 Å². The van der Waals surface area contributed by atoms with Gasteiger partial charge in [0.2, 0.25) is 5.91 Å². The maximum atomic E-state index is 11.3. The molecule has 0 radical (unpaired) electrons. The molecule has 0 saturated heterocycles. The minimum atomic E-state index is -1.13. The molecular formula is C12H15NO3. The van der Waals surface area contributed by atoms with Gasteiger partial charge in [0.1, 0.15) is 6.42 Å². The van der Waals surface area contributed by atoms with Crippen LogP contribution in [-0.2, 0) is 9.59 Å². The number of carbonyl (C=O) groups excluding carboxylic acids is 1. The molecule has 0 heterocycles. The SMILES string of the molecule is CC(C)c1ccccc1NC(=O)CC(=O)O. The molecule has 0 atom stereocenters. The van der Waals surface area contributed by atoms with Gasteiger partial charge in [-0.05, 0) is 17.5 Å². The fraction of sp³-hybridized carbons (Fsp3) is 0.333. The number of rotatable bonds is 4. The molecule has 1 aromatic rings. The van der Waals surface area contributed by atoms with Gasteiger partial charge >= 0.3 is 5.97 Å². The van der Waals surface area contributed by atoms with E-state index in [9.17, 15) is 9.59 Å². The van der Waals surface area contributed by atoms with Crippen LogP contribution in [0.5, 0.6) is 0 Å². The molecule has 1 aromatic carbocycles. The van der Waals surface area contributed by atoms with E-state index in [-0.39, 0.29) is 5.92 Å². The molecule has 16 heavy (non-hydrogen) atoms. The summed E-state index contributed by atoms with van der Waals surface area (Å²) in [7, 11) is 0. The van der Waals surface area contributed by atoms with Crippen molar-refractivity contribution in [1.82, 2.24) is 0 Å². The maximum Gasteiger partial charge on any atom is 0.312 e. The second-order valence-electron chi connectivity index (χ2n) is 3.86. The molecule has 4 heteroatoms. The molecule has 4 nitrogen and oxygen atoms in total. The van der Waals surface area contributed by atoms with Crippen molar-refractivity contribution in [2.45, 2.75) is 26.2 Å². The van der Waals surface area contributed by atoms with E-state index in [0.29, 0.717) is 5.69 Å². The molecule has 86 valence electrons. The number of hydrogen-bond donors (Lipinski definition) is 2. The van der Waals surface area contributed by atoms with E-state index in [4.69, 9.17) is 5.11 Å². The fourth-order valence-corrected chi connectivity index (χ4v) is 1.45. The molecule has 0 spiro atoms. The molecule has 0 aliphatic rings. The van der Waals surface area contributed by atoms with Gasteiger partial charge < -0.3 is 10.4 Å². The Morgan fingerprint density at radius 3 is 2.50 bits per heavy atom. The molecule has 0 fully saturated rings. The minimum Gasteiger partial charge on any atom is -0.481 e. The number of benzene rings is 1. The Hall–Kier alpha value is -1.84. The van der Waals surface area contributed by atoms with Crippen LogP contribution in [0, 0.1) is 0 Å². The molecule has 0 unspecified atom stereocenters. The second-order valence-corrected chi connectivity index (χ2v) is 3.86. The lowest BCUT2D eigenvalue weighted by molar-refractivity contribution is -0.139. The first-order valence-electron chi connectivity index (χ1n) is 5.11. The van der Waals surface area contributed by atoms with Crippen LogP contribution in [0.1, 0.15) is 31.7 Å². The Bertz CT molecular complexity index is 399. The van der Waals surface area contributed by atoms with E-state index in [0.717, 1.165) is 5.56 Å². The Morgan fingerprint density at radius 1 is 1.31 bits per heavy atom. The Kier molecular flexibility index (Phi) is 4.05. The van der Waals surface area contributed by atoms with Crippen molar-refractivity contribution in [3.63, 3.8) is 0 Å². The van der Waals surface area contributed by atoms with Gasteiger partial charge in [0.25, 0.3) is 0 Å². The van der Waals surface area contributed by atoms with Gasteiger partial charge in [0, 0.05) is 5.69 Å². The third-order valence-electron chi connectivity index (χ3n) is 2.17. The predicted molar refractivity (Wildman–Crippen MR) is 61.4 cm³/mol. The summed E-state index contributed by atoms with van der Waals surface area (Å²) in [5, 5.41) is 11.1.